The Morgan fingerprint density at radius 3 is 2.58 bits per heavy atom. The Bertz CT molecular complexity index is 334. The Kier molecular flexibility index (Phi) is 5.56. The predicted octanol–water partition coefficient (Wildman–Crippen LogP) is -0.113. The summed E-state index contributed by atoms with van der Waals surface area (Å²) < 4.78 is 5.33. The van der Waals surface area contributed by atoms with E-state index in [0.29, 0.717) is 6.61 Å². The van der Waals surface area contributed by atoms with E-state index in [9.17, 15) is 9.59 Å². The molecule has 0 spiro atoms. The molecule has 1 saturated heterocycles. The molecule has 0 aromatic carbocycles. The van der Waals surface area contributed by atoms with Crippen molar-refractivity contribution in [1.82, 2.24) is 10.2 Å². The maximum atomic E-state index is 12.1. The number of rotatable bonds is 4. The molecule has 110 valence electrons. The van der Waals surface area contributed by atoms with Gasteiger partial charge >= 0.3 is 12.0 Å². The van der Waals surface area contributed by atoms with Gasteiger partial charge in [0.25, 0.3) is 0 Å². The van der Waals surface area contributed by atoms with Crippen LogP contribution in [0.5, 0.6) is 0 Å². The van der Waals surface area contributed by atoms with Gasteiger partial charge in [-0.3, -0.25) is 0 Å². The molecule has 0 bridgehead atoms. The first-order chi connectivity index (χ1) is 8.86. The maximum absolute atomic E-state index is 12.1. The zero-order chi connectivity index (χ0) is 14.6. The van der Waals surface area contributed by atoms with E-state index in [2.05, 4.69) is 5.32 Å². The molecule has 7 heteroatoms. The molecule has 19 heavy (non-hydrogen) atoms. The molecule has 2 amide bonds. The van der Waals surface area contributed by atoms with Crippen LogP contribution in [0.3, 0.4) is 0 Å². The lowest BCUT2D eigenvalue weighted by Gasteiger charge is -2.38. The molecule has 1 fully saturated rings. The number of ether oxygens (including phenoxy) is 1. The molecule has 1 rings (SSSR count). The van der Waals surface area contributed by atoms with Gasteiger partial charge in [0.15, 0.2) is 0 Å². The number of carboxylic acid groups (broad SMARTS) is 1. The minimum atomic E-state index is -1.05. The SMILES string of the molecule is CC(C)C(NC(=O)N1CC(CO)OCC1C)C(=O)O. The van der Waals surface area contributed by atoms with Crippen LogP contribution >= 0.6 is 0 Å². The third-order valence-electron chi connectivity index (χ3n) is 3.18. The number of carbonyl (C=O) groups is 2. The summed E-state index contributed by atoms with van der Waals surface area (Å²) in [4.78, 5) is 24.7. The average Bonchev–Trinajstić information content (AvgIpc) is 2.35. The van der Waals surface area contributed by atoms with E-state index in [1.54, 1.807) is 13.8 Å². The van der Waals surface area contributed by atoms with Crippen molar-refractivity contribution >= 4 is 12.0 Å². The topological polar surface area (TPSA) is 99.1 Å². The summed E-state index contributed by atoms with van der Waals surface area (Å²) in [5.74, 6) is -1.26. The van der Waals surface area contributed by atoms with Gasteiger partial charge in [0.2, 0.25) is 0 Å². The molecule has 1 heterocycles. The van der Waals surface area contributed by atoms with Crippen LogP contribution in [-0.4, -0.2) is 65.1 Å². The maximum Gasteiger partial charge on any atom is 0.326 e. The normalized spacial score (nSPS) is 25.2. The lowest BCUT2D eigenvalue weighted by molar-refractivity contribution is -0.140. The summed E-state index contributed by atoms with van der Waals surface area (Å²) in [6.07, 6.45) is -0.413. The van der Waals surface area contributed by atoms with Gasteiger partial charge in [-0.15, -0.1) is 0 Å². The van der Waals surface area contributed by atoms with E-state index in [-0.39, 0.29) is 25.1 Å². The van der Waals surface area contributed by atoms with Gasteiger partial charge in [-0.25, -0.2) is 9.59 Å². The molecule has 0 aromatic rings. The molecule has 0 aromatic heterocycles. The zero-order valence-electron chi connectivity index (χ0n) is 11.5. The molecule has 0 saturated carbocycles. The van der Waals surface area contributed by atoms with Crippen molar-refractivity contribution in [1.29, 1.82) is 0 Å². The first-order valence-corrected chi connectivity index (χ1v) is 6.39. The molecule has 1 aliphatic rings. The van der Waals surface area contributed by atoms with Crippen LogP contribution in [0.2, 0.25) is 0 Å². The fourth-order valence-electron chi connectivity index (χ4n) is 1.94. The van der Waals surface area contributed by atoms with Crippen LogP contribution in [0.25, 0.3) is 0 Å². The van der Waals surface area contributed by atoms with Gasteiger partial charge in [0.05, 0.1) is 31.9 Å². The Hall–Kier alpha value is -1.34. The number of carboxylic acids is 1. The second-order valence-electron chi connectivity index (χ2n) is 5.15. The molecule has 7 nitrogen and oxygen atoms in total. The molecular weight excluding hydrogens is 252 g/mol. The number of amides is 2. The second-order valence-corrected chi connectivity index (χ2v) is 5.15. The molecule has 3 unspecified atom stereocenters. The first-order valence-electron chi connectivity index (χ1n) is 6.39. The van der Waals surface area contributed by atoms with Crippen LogP contribution < -0.4 is 5.32 Å². The number of aliphatic carboxylic acids is 1. The van der Waals surface area contributed by atoms with Crippen LogP contribution in [0.4, 0.5) is 4.79 Å². The van der Waals surface area contributed by atoms with E-state index < -0.39 is 24.1 Å². The summed E-state index contributed by atoms with van der Waals surface area (Å²) in [7, 11) is 0. The Morgan fingerprint density at radius 1 is 1.47 bits per heavy atom. The largest absolute Gasteiger partial charge is 0.480 e. The quantitative estimate of drug-likeness (QED) is 0.664. The summed E-state index contributed by atoms with van der Waals surface area (Å²) in [5, 5.41) is 20.6. The number of morpholine rings is 1. The monoisotopic (exact) mass is 274 g/mol. The summed E-state index contributed by atoms with van der Waals surface area (Å²) in [6.45, 7) is 5.71. The predicted molar refractivity (Wildman–Crippen MR) is 67.8 cm³/mol. The van der Waals surface area contributed by atoms with Crippen molar-refractivity contribution < 1.29 is 24.5 Å². The van der Waals surface area contributed by atoms with Crippen molar-refractivity contribution in [2.75, 3.05) is 19.8 Å². The van der Waals surface area contributed by atoms with Crippen molar-refractivity contribution in [3.8, 4) is 0 Å². The zero-order valence-corrected chi connectivity index (χ0v) is 11.5. The lowest BCUT2D eigenvalue weighted by atomic mass is 10.1. The van der Waals surface area contributed by atoms with E-state index in [1.807, 2.05) is 6.92 Å². The smallest absolute Gasteiger partial charge is 0.326 e. The standard InChI is InChI=1S/C12H22N2O5/c1-7(2)10(11(16)17)13-12(18)14-4-9(5-15)19-6-8(14)3/h7-10,15H,4-6H2,1-3H3,(H,13,18)(H,16,17). The van der Waals surface area contributed by atoms with Gasteiger partial charge in [0, 0.05) is 0 Å². The third kappa shape index (κ3) is 4.07. The van der Waals surface area contributed by atoms with Crippen LogP contribution in [-0.2, 0) is 9.53 Å². The third-order valence-corrected chi connectivity index (χ3v) is 3.18. The first kappa shape index (κ1) is 15.7. The van der Waals surface area contributed by atoms with Gasteiger partial charge in [-0.1, -0.05) is 13.8 Å². The highest BCUT2D eigenvalue weighted by Gasteiger charge is 2.32. The highest BCUT2D eigenvalue weighted by molar-refractivity contribution is 5.83. The van der Waals surface area contributed by atoms with E-state index >= 15 is 0 Å². The number of urea groups is 1. The van der Waals surface area contributed by atoms with Crippen molar-refractivity contribution in [3.05, 3.63) is 0 Å². The highest BCUT2D eigenvalue weighted by Crippen LogP contribution is 2.12. The van der Waals surface area contributed by atoms with Gasteiger partial charge in [-0.2, -0.15) is 0 Å². The van der Waals surface area contributed by atoms with Crippen molar-refractivity contribution in [3.63, 3.8) is 0 Å². The summed E-state index contributed by atoms with van der Waals surface area (Å²) >= 11 is 0. The fraction of sp³-hybridized carbons (Fsp3) is 0.833. The molecule has 3 N–H and O–H groups in total. The Balaban J connectivity index is 2.67. The summed E-state index contributed by atoms with van der Waals surface area (Å²) in [5.41, 5.74) is 0. The van der Waals surface area contributed by atoms with Gasteiger partial charge in [0.1, 0.15) is 6.04 Å². The second kappa shape index (κ2) is 6.72. The van der Waals surface area contributed by atoms with Crippen LogP contribution in [0, 0.1) is 5.92 Å². The van der Waals surface area contributed by atoms with Gasteiger partial charge in [-0.05, 0) is 12.8 Å². The van der Waals surface area contributed by atoms with E-state index in [0.717, 1.165) is 0 Å². The van der Waals surface area contributed by atoms with E-state index in [4.69, 9.17) is 14.9 Å². The number of aliphatic hydroxyl groups excluding tert-OH is 1. The minimum Gasteiger partial charge on any atom is -0.480 e. The molecule has 1 aliphatic heterocycles. The Morgan fingerprint density at radius 2 is 2.11 bits per heavy atom. The molecule has 0 aliphatic carbocycles. The van der Waals surface area contributed by atoms with Crippen LogP contribution in [0.15, 0.2) is 0 Å². The van der Waals surface area contributed by atoms with E-state index in [1.165, 1.54) is 4.90 Å². The number of nitrogens with one attached hydrogen (secondary N) is 1. The number of hydrogen-bond acceptors (Lipinski definition) is 4. The van der Waals surface area contributed by atoms with Gasteiger partial charge < -0.3 is 25.2 Å². The van der Waals surface area contributed by atoms with Crippen molar-refractivity contribution in [2.24, 2.45) is 5.92 Å². The molecule has 0 radical (unpaired) electrons. The van der Waals surface area contributed by atoms with Crippen molar-refractivity contribution in [2.45, 2.75) is 39.0 Å². The summed E-state index contributed by atoms with van der Waals surface area (Å²) in [6, 6.07) is -1.50. The number of carbonyl (C=O) groups excluding carboxylic acids is 1. The Labute approximate surface area is 112 Å². The average molecular weight is 274 g/mol. The lowest BCUT2D eigenvalue weighted by Crippen LogP contribution is -2.58. The number of hydrogen-bond donors (Lipinski definition) is 3. The number of nitrogens with zero attached hydrogens (tertiary/aromatic N) is 1. The number of aliphatic hydroxyl groups is 1. The highest BCUT2D eigenvalue weighted by atomic mass is 16.5. The molecule has 3 atom stereocenters. The molecular formula is C12H22N2O5. The van der Waals surface area contributed by atoms with Crippen LogP contribution in [0.1, 0.15) is 20.8 Å². The fourth-order valence-corrected chi connectivity index (χ4v) is 1.94. The minimum absolute atomic E-state index is 0.149.